The Bertz CT molecular complexity index is 1590. The molecule has 0 radical (unpaired) electrons. The first kappa shape index (κ1) is 53.4. The fraction of sp³-hybridized carbons (Fsp3) is 0.644. The summed E-state index contributed by atoms with van der Waals surface area (Å²) in [6, 6.07) is -0.339. The minimum Gasteiger partial charge on any atom is -0.461 e. The highest BCUT2D eigenvalue weighted by molar-refractivity contribution is 5.99. The zero-order valence-electron chi connectivity index (χ0n) is 37.8. The van der Waals surface area contributed by atoms with Crippen molar-refractivity contribution in [1.82, 2.24) is 15.5 Å². The third-order valence-electron chi connectivity index (χ3n) is 10.7. The lowest BCUT2D eigenvalue weighted by Gasteiger charge is -2.36. The molecule has 0 saturated carbocycles. The van der Waals surface area contributed by atoms with Crippen LogP contribution in [0.1, 0.15) is 101 Å². The van der Waals surface area contributed by atoms with E-state index in [1.165, 1.54) is 19.2 Å². The number of ketones is 2. The predicted molar refractivity (Wildman–Crippen MR) is 228 cm³/mol. The summed E-state index contributed by atoms with van der Waals surface area (Å²) in [5.41, 5.74) is -1.48. The van der Waals surface area contributed by atoms with Crippen LogP contribution in [0.2, 0.25) is 0 Å². The quantitative estimate of drug-likeness (QED) is 0.0709. The van der Waals surface area contributed by atoms with Gasteiger partial charge in [-0.15, -0.1) is 0 Å². The molecule has 3 N–H and O–H groups in total. The number of nitrogens with zero attached hydrogens (tertiary/aromatic N) is 1. The van der Waals surface area contributed by atoms with E-state index in [0.29, 0.717) is 18.0 Å². The molecule has 0 aromatic rings. The topological polar surface area (TPSA) is 196 Å². The number of esters is 1. The molecule has 3 fully saturated rings. The normalized spacial score (nSPS) is 31.7. The number of hydrogen-bond donors (Lipinski definition) is 3. The molecular weight excluding hydrogens is 775 g/mol. The Hall–Kier alpha value is -4.60. The molecule has 2 amide bonds. The smallest absolute Gasteiger partial charge is 0.461 e. The summed E-state index contributed by atoms with van der Waals surface area (Å²) in [6.45, 7) is 24.1. The number of aliphatic hydroxyl groups excluding tert-OH is 1. The van der Waals surface area contributed by atoms with Crippen LogP contribution in [-0.4, -0.2) is 109 Å². The van der Waals surface area contributed by atoms with E-state index in [0.717, 1.165) is 18.4 Å². The van der Waals surface area contributed by atoms with E-state index in [4.69, 9.17) is 23.7 Å². The van der Waals surface area contributed by atoms with Gasteiger partial charge in [-0.25, -0.2) is 9.59 Å². The van der Waals surface area contributed by atoms with Gasteiger partial charge >= 0.3 is 18.2 Å². The number of Topliss-reactive ketones (excluding diaryl/α,β-unsaturated/α-hetero) is 2. The van der Waals surface area contributed by atoms with Gasteiger partial charge < -0.3 is 44.3 Å². The van der Waals surface area contributed by atoms with Crippen LogP contribution in [0, 0.1) is 23.7 Å². The zero-order valence-corrected chi connectivity index (χ0v) is 37.8. The highest BCUT2D eigenvalue weighted by atomic mass is 16.7. The minimum absolute atomic E-state index is 0.0154. The molecule has 0 aromatic heterocycles. The molecule has 15 heteroatoms. The average molecular weight is 846 g/mol. The van der Waals surface area contributed by atoms with Crippen LogP contribution in [0.4, 0.5) is 9.59 Å². The molecule has 0 aliphatic carbocycles. The largest absolute Gasteiger partial charge is 0.509 e. The maximum atomic E-state index is 13.6. The lowest BCUT2D eigenvalue weighted by atomic mass is 9.76. The predicted octanol–water partition coefficient (Wildman–Crippen LogP) is 6.51. The molecule has 0 bridgehead atoms. The van der Waals surface area contributed by atoms with Gasteiger partial charge in [0.15, 0.2) is 11.9 Å². The highest BCUT2D eigenvalue weighted by Gasteiger charge is 2.52. The van der Waals surface area contributed by atoms with Gasteiger partial charge in [0.1, 0.15) is 36.3 Å². The van der Waals surface area contributed by atoms with E-state index in [1.54, 1.807) is 58.9 Å². The standard InChI is InChI=1S/C35H48N2O10.C8H17NO2.C2H6/c1-10-25(15-16-26(11-2)30(40)36-12-3)14-13-17-44-33(43)47-34(8)18-21(4)27(38)23(6)29-35(9,46-32(42)37-29)20-45-31(41)24(7)28(39)22(5)19-34;1-6-4-7(9(2)3)5-8(10)11-6;1-2/h11-16,21-24,29H,2-3,10,17-20H2,1,4-9H3,(H,36,40)(H,37,42);6-8,10H,4-5H2,1-3H3;1-2H3/b14-13+,25-15+,26-16+;;/t21-,22-,23?,24-,29?,34-,35-;;/m1../s1. The Morgan fingerprint density at radius 1 is 0.983 bits per heavy atom. The summed E-state index contributed by atoms with van der Waals surface area (Å²) >= 11 is 0. The fourth-order valence-electron chi connectivity index (χ4n) is 7.48. The summed E-state index contributed by atoms with van der Waals surface area (Å²) in [5.74, 6) is -5.08. The van der Waals surface area contributed by atoms with E-state index >= 15 is 0 Å². The van der Waals surface area contributed by atoms with Crippen molar-refractivity contribution in [2.24, 2.45) is 23.7 Å². The summed E-state index contributed by atoms with van der Waals surface area (Å²) in [7, 11) is 4.07. The van der Waals surface area contributed by atoms with Crippen molar-refractivity contribution >= 4 is 35.7 Å². The second kappa shape index (κ2) is 25.2. The third-order valence-corrected chi connectivity index (χ3v) is 10.7. The number of hydrogen-bond acceptors (Lipinski definition) is 13. The van der Waals surface area contributed by atoms with Crippen LogP contribution in [0.25, 0.3) is 0 Å². The van der Waals surface area contributed by atoms with Gasteiger partial charge in [-0.2, -0.15) is 0 Å². The molecule has 3 aliphatic heterocycles. The summed E-state index contributed by atoms with van der Waals surface area (Å²) < 4.78 is 27.1. The Morgan fingerprint density at radius 3 is 2.15 bits per heavy atom. The molecule has 3 saturated heterocycles. The maximum absolute atomic E-state index is 13.6. The Kier molecular flexibility index (Phi) is 22.5. The number of allylic oxidation sites excluding steroid dienone is 4. The molecule has 5 unspecified atom stereocenters. The Morgan fingerprint density at radius 2 is 1.60 bits per heavy atom. The fourth-order valence-corrected chi connectivity index (χ4v) is 7.48. The molecule has 338 valence electrons. The average Bonchev–Trinajstić information content (AvgIpc) is 3.50. The number of fused-ring (bicyclic) bond motifs is 1. The molecule has 0 aromatic carbocycles. The van der Waals surface area contributed by atoms with E-state index < -0.39 is 71.2 Å². The van der Waals surface area contributed by atoms with Crippen LogP contribution >= 0.6 is 0 Å². The second-order valence-corrected chi connectivity index (χ2v) is 16.1. The molecule has 0 spiro atoms. The summed E-state index contributed by atoms with van der Waals surface area (Å²) in [5, 5.41) is 14.4. The molecule has 60 heavy (non-hydrogen) atoms. The number of aliphatic hydroxyl groups is 1. The lowest BCUT2D eigenvalue weighted by molar-refractivity contribution is -0.172. The number of amides is 2. The molecule has 10 atom stereocenters. The highest BCUT2D eigenvalue weighted by Crippen LogP contribution is 2.35. The first-order valence-electron chi connectivity index (χ1n) is 20.8. The summed E-state index contributed by atoms with van der Waals surface area (Å²) in [6.07, 6.45) is 9.72. The third kappa shape index (κ3) is 16.5. The zero-order chi connectivity index (χ0) is 46.0. The summed E-state index contributed by atoms with van der Waals surface area (Å²) in [4.78, 5) is 79.0. The van der Waals surface area contributed by atoms with Crippen molar-refractivity contribution in [2.45, 2.75) is 137 Å². The number of rotatable bonds is 10. The van der Waals surface area contributed by atoms with Crippen molar-refractivity contribution < 1.29 is 57.6 Å². The van der Waals surface area contributed by atoms with Crippen molar-refractivity contribution in [3.05, 3.63) is 60.9 Å². The van der Waals surface area contributed by atoms with Gasteiger partial charge in [-0.3, -0.25) is 19.2 Å². The molecular formula is C45H71N3O12. The first-order chi connectivity index (χ1) is 28.1. The number of cyclic esters (lactones) is 1. The monoisotopic (exact) mass is 846 g/mol. The van der Waals surface area contributed by atoms with E-state index in [-0.39, 0.29) is 43.8 Å². The second-order valence-electron chi connectivity index (χ2n) is 16.1. The van der Waals surface area contributed by atoms with Gasteiger partial charge in [0.2, 0.25) is 0 Å². The Labute approximate surface area is 357 Å². The van der Waals surface area contributed by atoms with Gasteiger partial charge in [-0.05, 0) is 91.4 Å². The van der Waals surface area contributed by atoms with Crippen LogP contribution < -0.4 is 10.6 Å². The number of carbonyl (C=O) groups excluding carboxylic acids is 6. The van der Waals surface area contributed by atoms with E-state index in [9.17, 15) is 33.9 Å². The van der Waals surface area contributed by atoms with Crippen molar-refractivity contribution in [3.63, 3.8) is 0 Å². The van der Waals surface area contributed by atoms with Crippen LogP contribution in [-0.2, 0) is 42.9 Å². The molecule has 3 aliphatic rings. The lowest BCUT2D eigenvalue weighted by Crippen LogP contribution is -2.52. The maximum Gasteiger partial charge on any atom is 0.509 e. The molecule has 15 nitrogen and oxygen atoms in total. The van der Waals surface area contributed by atoms with Crippen molar-refractivity contribution in [3.8, 4) is 0 Å². The van der Waals surface area contributed by atoms with Crippen LogP contribution in [0.3, 0.4) is 0 Å². The van der Waals surface area contributed by atoms with Crippen molar-refractivity contribution in [1.29, 1.82) is 0 Å². The minimum atomic E-state index is -1.34. The molecule has 3 rings (SSSR count). The van der Waals surface area contributed by atoms with Gasteiger partial charge in [-0.1, -0.05) is 72.9 Å². The van der Waals surface area contributed by atoms with E-state index in [2.05, 4.69) is 28.7 Å². The Balaban J connectivity index is 0.00000118. The number of ether oxygens (including phenoxy) is 5. The number of nitrogens with one attached hydrogen (secondary N) is 2. The van der Waals surface area contributed by atoms with Crippen molar-refractivity contribution in [2.75, 3.05) is 27.3 Å². The SMILES string of the molecule is C=CNC(=O)/C(C=C)=C/C=C(/C=C/COC(=O)O[C@]1(C)C[C@@H](C)C(=O)C(C)C2NC(=O)O[C@]2(C)COC(=O)[C@H](C)C(=O)[C@H](C)C1)CC.CC.CC1CC(N(C)C)CC(O)O1. The molecule has 3 heterocycles. The van der Waals surface area contributed by atoms with Crippen LogP contribution in [0.15, 0.2) is 60.9 Å². The van der Waals surface area contributed by atoms with E-state index in [1.807, 2.05) is 41.8 Å². The van der Waals surface area contributed by atoms with Gasteiger partial charge in [0.05, 0.1) is 12.1 Å². The van der Waals surface area contributed by atoms with Gasteiger partial charge in [0.25, 0.3) is 5.91 Å². The number of carbonyl (C=O) groups is 6. The first-order valence-corrected chi connectivity index (χ1v) is 20.8. The number of alkyl carbamates (subject to hydrolysis) is 1. The van der Waals surface area contributed by atoms with Crippen LogP contribution in [0.5, 0.6) is 0 Å². The van der Waals surface area contributed by atoms with Gasteiger partial charge in [0, 0.05) is 35.8 Å².